The summed E-state index contributed by atoms with van der Waals surface area (Å²) >= 11 is 0. The second kappa shape index (κ2) is 6.21. The molecule has 1 aromatic carbocycles. The number of carbonyl (C=O) groups excluding carboxylic acids is 1. The lowest BCUT2D eigenvalue weighted by atomic mass is 10.2. The molecule has 0 amide bonds. The average molecular weight is 247 g/mol. The van der Waals surface area contributed by atoms with Gasteiger partial charge in [-0.05, 0) is 5.56 Å². The Balaban J connectivity index is 1.95. The number of hydrogen-bond acceptors (Lipinski definition) is 4. The molecule has 96 valence electrons. The van der Waals surface area contributed by atoms with E-state index in [2.05, 4.69) is 21.8 Å². The summed E-state index contributed by atoms with van der Waals surface area (Å²) in [4.78, 5) is 13.4. The summed E-state index contributed by atoms with van der Waals surface area (Å²) in [7, 11) is 1.37. The highest BCUT2D eigenvalue weighted by molar-refractivity contribution is 5.82. The van der Waals surface area contributed by atoms with E-state index >= 15 is 0 Å². The SMILES string of the molecule is COC(=O)/C=C1/CN(Cc2ccccc2)CCO1. The van der Waals surface area contributed by atoms with Crippen LogP contribution in [0.2, 0.25) is 0 Å². The van der Waals surface area contributed by atoms with Gasteiger partial charge in [-0.2, -0.15) is 0 Å². The first-order valence-corrected chi connectivity index (χ1v) is 5.95. The number of nitrogens with zero attached hydrogens (tertiary/aromatic N) is 1. The van der Waals surface area contributed by atoms with Crippen molar-refractivity contribution in [2.75, 3.05) is 26.8 Å². The molecule has 0 aromatic heterocycles. The maximum Gasteiger partial charge on any atom is 0.333 e. The van der Waals surface area contributed by atoms with E-state index < -0.39 is 0 Å². The van der Waals surface area contributed by atoms with E-state index in [-0.39, 0.29) is 5.97 Å². The van der Waals surface area contributed by atoms with Gasteiger partial charge < -0.3 is 9.47 Å². The first-order chi connectivity index (χ1) is 8.78. The quantitative estimate of drug-likeness (QED) is 0.600. The molecule has 1 saturated heterocycles. The third-order valence-corrected chi connectivity index (χ3v) is 2.80. The van der Waals surface area contributed by atoms with Crippen molar-refractivity contribution >= 4 is 5.97 Å². The van der Waals surface area contributed by atoms with Gasteiger partial charge in [-0.25, -0.2) is 4.79 Å². The second-order valence-corrected chi connectivity index (χ2v) is 4.18. The molecule has 0 radical (unpaired) electrons. The van der Waals surface area contributed by atoms with Gasteiger partial charge in [0, 0.05) is 13.1 Å². The molecule has 1 heterocycles. The Morgan fingerprint density at radius 2 is 2.22 bits per heavy atom. The highest BCUT2D eigenvalue weighted by Gasteiger charge is 2.16. The van der Waals surface area contributed by atoms with Gasteiger partial charge in [0.15, 0.2) is 0 Å². The van der Waals surface area contributed by atoms with Gasteiger partial charge in [0.05, 0.1) is 19.7 Å². The summed E-state index contributed by atoms with van der Waals surface area (Å²) in [5, 5.41) is 0. The Labute approximate surface area is 107 Å². The number of carbonyl (C=O) groups is 1. The summed E-state index contributed by atoms with van der Waals surface area (Å²) in [5.41, 5.74) is 1.26. The minimum Gasteiger partial charge on any atom is -0.495 e. The number of esters is 1. The second-order valence-electron chi connectivity index (χ2n) is 4.18. The van der Waals surface area contributed by atoms with Crippen LogP contribution in [0.5, 0.6) is 0 Å². The summed E-state index contributed by atoms with van der Waals surface area (Å²) < 4.78 is 10.0. The van der Waals surface area contributed by atoms with Crippen molar-refractivity contribution in [3.05, 3.63) is 47.7 Å². The first kappa shape index (κ1) is 12.6. The van der Waals surface area contributed by atoms with Crippen LogP contribution in [0.1, 0.15) is 5.56 Å². The van der Waals surface area contributed by atoms with E-state index in [9.17, 15) is 4.79 Å². The van der Waals surface area contributed by atoms with Gasteiger partial charge in [0.2, 0.25) is 0 Å². The molecule has 0 aliphatic carbocycles. The van der Waals surface area contributed by atoms with Crippen LogP contribution in [0.25, 0.3) is 0 Å². The third kappa shape index (κ3) is 3.60. The Morgan fingerprint density at radius 1 is 1.44 bits per heavy atom. The molecule has 4 nitrogen and oxygen atoms in total. The van der Waals surface area contributed by atoms with Gasteiger partial charge in [-0.1, -0.05) is 30.3 Å². The van der Waals surface area contributed by atoms with E-state index in [1.165, 1.54) is 18.7 Å². The Bertz CT molecular complexity index is 428. The molecule has 0 saturated carbocycles. The molecule has 1 aliphatic rings. The number of rotatable bonds is 3. The van der Waals surface area contributed by atoms with Crippen molar-refractivity contribution in [2.45, 2.75) is 6.54 Å². The largest absolute Gasteiger partial charge is 0.495 e. The van der Waals surface area contributed by atoms with Gasteiger partial charge in [0.1, 0.15) is 12.4 Å². The fourth-order valence-electron chi connectivity index (χ4n) is 1.91. The number of benzene rings is 1. The zero-order valence-electron chi connectivity index (χ0n) is 10.5. The zero-order valence-corrected chi connectivity index (χ0v) is 10.5. The monoisotopic (exact) mass is 247 g/mol. The van der Waals surface area contributed by atoms with Crippen molar-refractivity contribution in [1.82, 2.24) is 4.90 Å². The molecule has 4 heteroatoms. The van der Waals surface area contributed by atoms with Crippen molar-refractivity contribution in [1.29, 1.82) is 0 Å². The van der Waals surface area contributed by atoms with Crippen molar-refractivity contribution in [3.63, 3.8) is 0 Å². The van der Waals surface area contributed by atoms with Crippen LogP contribution in [0.3, 0.4) is 0 Å². The van der Waals surface area contributed by atoms with E-state index in [0.29, 0.717) is 18.9 Å². The summed E-state index contributed by atoms with van der Waals surface area (Å²) in [6, 6.07) is 10.3. The van der Waals surface area contributed by atoms with E-state index in [4.69, 9.17) is 4.74 Å². The minimum absolute atomic E-state index is 0.369. The maximum atomic E-state index is 11.1. The molecule has 18 heavy (non-hydrogen) atoms. The molecule has 0 spiro atoms. The highest BCUT2D eigenvalue weighted by Crippen LogP contribution is 2.12. The predicted molar refractivity (Wildman–Crippen MR) is 67.8 cm³/mol. The van der Waals surface area contributed by atoms with Crippen molar-refractivity contribution in [3.8, 4) is 0 Å². The number of hydrogen-bond donors (Lipinski definition) is 0. The molecule has 0 N–H and O–H groups in total. The fourth-order valence-corrected chi connectivity index (χ4v) is 1.91. The number of ether oxygens (including phenoxy) is 2. The Hall–Kier alpha value is -1.81. The Morgan fingerprint density at radius 3 is 2.94 bits per heavy atom. The normalized spacial score (nSPS) is 18.4. The summed E-state index contributed by atoms with van der Waals surface area (Å²) in [6.07, 6.45) is 1.41. The van der Waals surface area contributed by atoms with Crippen LogP contribution < -0.4 is 0 Å². The molecular formula is C14H17NO3. The predicted octanol–water partition coefficient (Wildman–Crippen LogP) is 1.58. The highest BCUT2D eigenvalue weighted by atomic mass is 16.5. The topological polar surface area (TPSA) is 38.8 Å². The standard InChI is InChI=1S/C14H17NO3/c1-17-14(16)9-13-11-15(7-8-18-13)10-12-5-3-2-4-6-12/h2-6,9H,7-8,10-11H2,1H3/b13-9-. The summed E-state index contributed by atoms with van der Waals surface area (Å²) in [5.74, 6) is 0.301. The van der Waals surface area contributed by atoms with Crippen LogP contribution in [0.15, 0.2) is 42.2 Å². The van der Waals surface area contributed by atoms with Crippen molar-refractivity contribution < 1.29 is 14.3 Å². The molecule has 1 aromatic rings. The maximum absolute atomic E-state index is 11.1. The molecule has 2 rings (SSSR count). The smallest absolute Gasteiger partial charge is 0.333 e. The fraction of sp³-hybridized carbons (Fsp3) is 0.357. The van der Waals surface area contributed by atoms with E-state index in [1.54, 1.807) is 0 Å². The number of morpholine rings is 1. The van der Waals surface area contributed by atoms with Gasteiger partial charge >= 0.3 is 5.97 Å². The molecule has 1 fully saturated rings. The molecule has 0 bridgehead atoms. The molecule has 1 aliphatic heterocycles. The number of methoxy groups -OCH3 is 1. The van der Waals surface area contributed by atoms with Crippen LogP contribution >= 0.6 is 0 Å². The van der Waals surface area contributed by atoms with Crippen LogP contribution in [-0.4, -0.2) is 37.7 Å². The zero-order chi connectivity index (χ0) is 12.8. The van der Waals surface area contributed by atoms with Gasteiger partial charge in [-0.15, -0.1) is 0 Å². The minimum atomic E-state index is -0.369. The van der Waals surface area contributed by atoms with E-state index in [1.807, 2.05) is 18.2 Å². The van der Waals surface area contributed by atoms with E-state index in [0.717, 1.165) is 13.1 Å². The first-order valence-electron chi connectivity index (χ1n) is 5.95. The average Bonchev–Trinajstić information content (AvgIpc) is 2.40. The lowest BCUT2D eigenvalue weighted by molar-refractivity contribution is -0.135. The van der Waals surface area contributed by atoms with Gasteiger partial charge in [0.25, 0.3) is 0 Å². The van der Waals surface area contributed by atoms with Crippen LogP contribution in [0.4, 0.5) is 0 Å². The van der Waals surface area contributed by atoms with Crippen LogP contribution in [-0.2, 0) is 20.8 Å². The third-order valence-electron chi connectivity index (χ3n) is 2.80. The Kier molecular flexibility index (Phi) is 4.36. The summed E-state index contributed by atoms with van der Waals surface area (Å²) in [6.45, 7) is 2.98. The van der Waals surface area contributed by atoms with Crippen molar-refractivity contribution in [2.24, 2.45) is 0 Å². The van der Waals surface area contributed by atoms with Gasteiger partial charge in [-0.3, -0.25) is 4.90 Å². The lowest BCUT2D eigenvalue weighted by Crippen LogP contribution is -2.34. The molecule has 0 unspecified atom stereocenters. The lowest BCUT2D eigenvalue weighted by Gasteiger charge is -2.28. The van der Waals surface area contributed by atoms with Crippen LogP contribution in [0, 0.1) is 0 Å². The molecule has 0 atom stereocenters. The molecular weight excluding hydrogens is 230 g/mol.